The van der Waals surface area contributed by atoms with Gasteiger partial charge in [0.25, 0.3) is 0 Å². The van der Waals surface area contributed by atoms with Crippen LogP contribution in [0.15, 0.2) is 30.3 Å². The van der Waals surface area contributed by atoms with Crippen molar-refractivity contribution in [2.45, 2.75) is 18.9 Å². The Bertz CT molecular complexity index is 353. The Kier molecular flexibility index (Phi) is 3.41. The van der Waals surface area contributed by atoms with Crippen molar-refractivity contribution in [3.63, 3.8) is 0 Å². The number of amides is 2. The van der Waals surface area contributed by atoms with E-state index in [1.165, 1.54) is 0 Å². The average molecular weight is 220 g/mol. The zero-order valence-electron chi connectivity index (χ0n) is 9.10. The molecule has 2 amide bonds. The number of aliphatic hydroxyl groups excluding tert-OH is 1. The normalized spacial score (nSPS) is 20.6. The topological polar surface area (TPSA) is 52.6 Å². The average Bonchev–Trinajstić information content (AvgIpc) is 2.30. The molecule has 4 nitrogen and oxygen atoms in total. The molecule has 0 radical (unpaired) electrons. The Hall–Kier alpha value is -1.55. The molecule has 0 unspecified atom stereocenters. The lowest BCUT2D eigenvalue weighted by molar-refractivity contribution is 0.0883. The molecule has 1 aromatic rings. The summed E-state index contributed by atoms with van der Waals surface area (Å²) in [6.07, 6.45) is 1.27. The maximum Gasteiger partial charge on any atom is 0.321 e. The Morgan fingerprint density at radius 3 is 2.81 bits per heavy atom. The minimum Gasteiger partial charge on any atom is -0.391 e. The van der Waals surface area contributed by atoms with E-state index in [1.807, 2.05) is 30.3 Å². The minimum atomic E-state index is -0.379. The van der Waals surface area contributed by atoms with Crippen LogP contribution in [0.3, 0.4) is 0 Å². The highest BCUT2D eigenvalue weighted by Crippen LogP contribution is 2.12. The molecule has 1 aliphatic rings. The summed E-state index contributed by atoms with van der Waals surface area (Å²) in [5.41, 5.74) is 0.785. The van der Waals surface area contributed by atoms with E-state index in [-0.39, 0.29) is 12.1 Å². The lowest BCUT2D eigenvalue weighted by Crippen LogP contribution is -2.44. The zero-order chi connectivity index (χ0) is 11.4. The number of piperidine rings is 1. The van der Waals surface area contributed by atoms with E-state index in [1.54, 1.807) is 4.90 Å². The van der Waals surface area contributed by atoms with Crippen LogP contribution in [0.1, 0.15) is 12.8 Å². The zero-order valence-corrected chi connectivity index (χ0v) is 9.10. The fourth-order valence-electron chi connectivity index (χ4n) is 1.86. The van der Waals surface area contributed by atoms with E-state index in [4.69, 9.17) is 0 Å². The molecule has 16 heavy (non-hydrogen) atoms. The van der Waals surface area contributed by atoms with Crippen molar-refractivity contribution >= 4 is 11.7 Å². The first-order chi connectivity index (χ1) is 7.75. The first-order valence-corrected chi connectivity index (χ1v) is 5.55. The van der Waals surface area contributed by atoms with E-state index in [0.717, 1.165) is 25.1 Å². The van der Waals surface area contributed by atoms with Gasteiger partial charge in [-0.25, -0.2) is 4.79 Å². The molecule has 0 aliphatic carbocycles. The number of nitrogens with one attached hydrogen (secondary N) is 1. The molecule has 1 fully saturated rings. The Morgan fingerprint density at radius 2 is 2.12 bits per heavy atom. The van der Waals surface area contributed by atoms with E-state index in [9.17, 15) is 9.90 Å². The van der Waals surface area contributed by atoms with Gasteiger partial charge in [-0.05, 0) is 25.0 Å². The molecule has 1 aliphatic heterocycles. The molecule has 0 aromatic heterocycles. The summed E-state index contributed by atoms with van der Waals surface area (Å²) < 4.78 is 0. The Morgan fingerprint density at radius 1 is 1.38 bits per heavy atom. The molecule has 0 spiro atoms. The molecule has 86 valence electrons. The standard InChI is InChI=1S/C12H16N2O2/c15-11-7-4-8-14(9-11)12(16)13-10-5-2-1-3-6-10/h1-3,5-6,11,15H,4,7-9H2,(H,13,16)/t11-/m0/s1. The van der Waals surface area contributed by atoms with Gasteiger partial charge in [0.2, 0.25) is 0 Å². The molecule has 1 saturated heterocycles. The minimum absolute atomic E-state index is 0.134. The molecule has 2 rings (SSSR count). The number of carbonyl (C=O) groups excluding carboxylic acids is 1. The molecular weight excluding hydrogens is 204 g/mol. The molecular formula is C12H16N2O2. The second-order valence-corrected chi connectivity index (χ2v) is 4.04. The van der Waals surface area contributed by atoms with Gasteiger partial charge < -0.3 is 15.3 Å². The van der Waals surface area contributed by atoms with Crippen molar-refractivity contribution in [3.8, 4) is 0 Å². The first kappa shape index (κ1) is 11.0. The Balaban J connectivity index is 1.93. The van der Waals surface area contributed by atoms with Crippen LogP contribution < -0.4 is 5.32 Å². The number of urea groups is 1. The van der Waals surface area contributed by atoms with Gasteiger partial charge in [-0.2, -0.15) is 0 Å². The summed E-state index contributed by atoms with van der Waals surface area (Å²) in [6, 6.07) is 9.21. The van der Waals surface area contributed by atoms with Crippen LogP contribution >= 0.6 is 0 Å². The summed E-state index contributed by atoms with van der Waals surface area (Å²) in [5.74, 6) is 0. The number of nitrogens with zero attached hydrogens (tertiary/aromatic N) is 1. The van der Waals surface area contributed by atoms with Crippen molar-refractivity contribution in [2.75, 3.05) is 18.4 Å². The highest BCUT2D eigenvalue weighted by molar-refractivity contribution is 5.89. The Labute approximate surface area is 94.9 Å². The summed E-state index contributed by atoms with van der Waals surface area (Å²) >= 11 is 0. The van der Waals surface area contributed by atoms with Crippen LogP contribution in [-0.2, 0) is 0 Å². The molecule has 0 bridgehead atoms. The number of likely N-dealkylation sites (tertiary alicyclic amines) is 1. The van der Waals surface area contributed by atoms with E-state index < -0.39 is 0 Å². The molecule has 2 N–H and O–H groups in total. The lowest BCUT2D eigenvalue weighted by Gasteiger charge is -2.30. The third-order valence-electron chi connectivity index (χ3n) is 2.71. The van der Waals surface area contributed by atoms with Gasteiger partial charge in [-0.1, -0.05) is 18.2 Å². The molecule has 1 aromatic carbocycles. The van der Waals surface area contributed by atoms with Crippen molar-refractivity contribution in [1.82, 2.24) is 4.90 Å². The van der Waals surface area contributed by atoms with Crippen LogP contribution in [0.2, 0.25) is 0 Å². The van der Waals surface area contributed by atoms with Crippen LogP contribution in [0, 0.1) is 0 Å². The van der Waals surface area contributed by atoms with Crippen LogP contribution in [0.5, 0.6) is 0 Å². The van der Waals surface area contributed by atoms with Gasteiger partial charge in [0.1, 0.15) is 0 Å². The first-order valence-electron chi connectivity index (χ1n) is 5.55. The fraction of sp³-hybridized carbons (Fsp3) is 0.417. The second kappa shape index (κ2) is 4.99. The summed E-state index contributed by atoms with van der Waals surface area (Å²) in [5, 5.41) is 12.3. The van der Waals surface area contributed by atoms with Crippen LogP contribution in [0.25, 0.3) is 0 Å². The maximum absolute atomic E-state index is 11.8. The molecule has 0 saturated carbocycles. The second-order valence-electron chi connectivity index (χ2n) is 4.04. The van der Waals surface area contributed by atoms with Crippen molar-refractivity contribution in [3.05, 3.63) is 30.3 Å². The summed E-state index contributed by atoms with van der Waals surface area (Å²) in [7, 11) is 0. The lowest BCUT2D eigenvalue weighted by atomic mass is 10.1. The predicted octanol–water partition coefficient (Wildman–Crippen LogP) is 1.68. The van der Waals surface area contributed by atoms with E-state index in [2.05, 4.69) is 5.32 Å². The van der Waals surface area contributed by atoms with Crippen molar-refractivity contribution in [1.29, 1.82) is 0 Å². The smallest absolute Gasteiger partial charge is 0.321 e. The number of carbonyl (C=O) groups is 1. The van der Waals surface area contributed by atoms with Crippen LogP contribution in [0.4, 0.5) is 10.5 Å². The van der Waals surface area contributed by atoms with Gasteiger partial charge in [-0.15, -0.1) is 0 Å². The van der Waals surface area contributed by atoms with Gasteiger partial charge in [0.15, 0.2) is 0 Å². The SMILES string of the molecule is O=C(Nc1ccccc1)N1CCC[C@H](O)C1. The number of β-amino-alcohol motifs (C(OH)–C–C–N with tert-alkyl or cyclic N) is 1. The van der Waals surface area contributed by atoms with Gasteiger partial charge in [-0.3, -0.25) is 0 Å². The van der Waals surface area contributed by atoms with Crippen molar-refractivity contribution in [2.24, 2.45) is 0 Å². The number of benzene rings is 1. The molecule has 1 heterocycles. The summed E-state index contributed by atoms with van der Waals surface area (Å²) in [4.78, 5) is 13.5. The van der Waals surface area contributed by atoms with Gasteiger partial charge in [0, 0.05) is 18.8 Å². The highest BCUT2D eigenvalue weighted by atomic mass is 16.3. The summed E-state index contributed by atoms with van der Waals surface area (Å²) in [6.45, 7) is 1.15. The number of anilines is 1. The molecule has 4 heteroatoms. The van der Waals surface area contributed by atoms with Crippen LogP contribution in [-0.4, -0.2) is 35.2 Å². The number of para-hydroxylation sites is 1. The third-order valence-corrected chi connectivity index (χ3v) is 2.71. The molecule has 1 atom stereocenters. The number of rotatable bonds is 1. The predicted molar refractivity (Wildman–Crippen MR) is 62.3 cm³/mol. The van der Waals surface area contributed by atoms with E-state index in [0.29, 0.717) is 6.54 Å². The number of hydrogen-bond donors (Lipinski definition) is 2. The van der Waals surface area contributed by atoms with Crippen molar-refractivity contribution < 1.29 is 9.90 Å². The largest absolute Gasteiger partial charge is 0.391 e. The monoisotopic (exact) mass is 220 g/mol. The number of hydrogen-bond acceptors (Lipinski definition) is 2. The quantitative estimate of drug-likeness (QED) is 0.756. The van der Waals surface area contributed by atoms with E-state index >= 15 is 0 Å². The maximum atomic E-state index is 11.8. The number of aliphatic hydroxyl groups is 1. The highest BCUT2D eigenvalue weighted by Gasteiger charge is 2.21. The van der Waals surface area contributed by atoms with Gasteiger partial charge in [0.05, 0.1) is 6.10 Å². The van der Waals surface area contributed by atoms with Gasteiger partial charge >= 0.3 is 6.03 Å². The third kappa shape index (κ3) is 2.73. The fourth-order valence-corrected chi connectivity index (χ4v) is 1.86.